The van der Waals surface area contributed by atoms with Gasteiger partial charge < -0.3 is 15.5 Å². The van der Waals surface area contributed by atoms with E-state index in [1.807, 2.05) is 0 Å². The molecule has 0 unspecified atom stereocenters. The lowest BCUT2D eigenvalue weighted by Crippen LogP contribution is -2.43. The van der Waals surface area contributed by atoms with Gasteiger partial charge in [-0.1, -0.05) is 0 Å². The molecule has 1 heterocycles. The maximum absolute atomic E-state index is 11.5. The highest BCUT2D eigenvalue weighted by atomic mass is 16.2. The largest absolute Gasteiger partial charge is 0.355 e. The number of amides is 3. The van der Waals surface area contributed by atoms with Gasteiger partial charge in [-0.3, -0.25) is 14.4 Å². The molecule has 6 heteroatoms. The Morgan fingerprint density at radius 2 is 1.62 bits per heavy atom. The molecule has 0 aromatic rings. The van der Waals surface area contributed by atoms with Crippen LogP contribution >= 0.6 is 0 Å². The number of hydrogen-bond acceptors (Lipinski definition) is 3. The zero-order valence-electron chi connectivity index (χ0n) is 9.41. The first-order valence-corrected chi connectivity index (χ1v) is 5.43. The van der Waals surface area contributed by atoms with Crippen LogP contribution in [0.1, 0.15) is 19.8 Å². The number of nitrogens with zero attached hydrogens (tertiary/aromatic N) is 1. The highest BCUT2D eigenvalue weighted by molar-refractivity contribution is 6.35. The molecule has 0 radical (unpaired) electrons. The smallest absolute Gasteiger partial charge is 0.311 e. The minimum absolute atomic E-state index is 0.153. The second-order valence-electron chi connectivity index (χ2n) is 3.74. The van der Waals surface area contributed by atoms with Crippen LogP contribution in [0.2, 0.25) is 0 Å². The Morgan fingerprint density at radius 1 is 1.06 bits per heavy atom. The molecule has 3 amide bonds. The van der Waals surface area contributed by atoms with E-state index >= 15 is 0 Å². The normalized spacial score (nSPS) is 14.7. The summed E-state index contributed by atoms with van der Waals surface area (Å²) in [4.78, 5) is 34.9. The van der Waals surface area contributed by atoms with E-state index < -0.39 is 11.8 Å². The number of carbonyl (C=O) groups is 3. The first kappa shape index (κ1) is 12.5. The summed E-state index contributed by atoms with van der Waals surface area (Å²) in [7, 11) is 0. The van der Waals surface area contributed by atoms with Gasteiger partial charge in [-0.05, 0) is 12.8 Å². The summed E-state index contributed by atoms with van der Waals surface area (Å²) < 4.78 is 0. The van der Waals surface area contributed by atoms with Gasteiger partial charge in [0, 0.05) is 33.1 Å². The fraction of sp³-hybridized carbons (Fsp3) is 0.700. The zero-order chi connectivity index (χ0) is 12.0. The van der Waals surface area contributed by atoms with Crippen LogP contribution in [0.25, 0.3) is 0 Å². The first-order valence-electron chi connectivity index (χ1n) is 5.43. The number of likely N-dealkylation sites (tertiary alicyclic amines) is 1. The predicted octanol–water partition coefficient (Wildman–Crippen LogP) is -1.14. The van der Waals surface area contributed by atoms with Crippen LogP contribution in [0.3, 0.4) is 0 Å². The van der Waals surface area contributed by atoms with Crippen molar-refractivity contribution in [3.05, 3.63) is 0 Å². The van der Waals surface area contributed by atoms with Crippen molar-refractivity contribution >= 4 is 17.7 Å². The van der Waals surface area contributed by atoms with E-state index in [2.05, 4.69) is 10.6 Å². The lowest BCUT2D eigenvalue weighted by molar-refractivity contribution is -0.145. The van der Waals surface area contributed by atoms with Crippen molar-refractivity contribution in [2.24, 2.45) is 0 Å². The molecule has 6 nitrogen and oxygen atoms in total. The van der Waals surface area contributed by atoms with Crippen molar-refractivity contribution in [1.82, 2.24) is 15.5 Å². The molecule has 90 valence electrons. The van der Waals surface area contributed by atoms with Crippen LogP contribution in [-0.2, 0) is 14.4 Å². The molecule has 1 saturated heterocycles. The van der Waals surface area contributed by atoms with E-state index in [0.29, 0.717) is 19.6 Å². The van der Waals surface area contributed by atoms with E-state index in [-0.39, 0.29) is 12.5 Å². The third kappa shape index (κ3) is 3.88. The first-order chi connectivity index (χ1) is 7.61. The predicted molar refractivity (Wildman–Crippen MR) is 57.5 cm³/mol. The van der Waals surface area contributed by atoms with Gasteiger partial charge in [0.15, 0.2) is 0 Å². The Kier molecular flexibility index (Phi) is 4.75. The van der Waals surface area contributed by atoms with Gasteiger partial charge >= 0.3 is 11.8 Å². The molecule has 1 aliphatic rings. The molecule has 0 aromatic heterocycles. The Labute approximate surface area is 94.4 Å². The molecule has 0 saturated carbocycles. The minimum atomic E-state index is -0.591. The second kappa shape index (κ2) is 6.09. The summed E-state index contributed by atoms with van der Waals surface area (Å²) >= 11 is 0. The van der Waals surface area contributed by atoms with E-state index in [1.165, 1.54) is 6.92 Å². The summed E-state index contributed by atoms with van der Waals surface area (Å²) in [6.07, 6.45) is 1.93. The van der Waals surface area contributed by atoms with Gasteiger partial charge in [-0.15, -0.1) is 0 Å². The fourth-order valence-corrected chi connectivity index (χ4v) is 1.55. The minimum Gasteiger partial charge on any atom is -0.355 e. The number of hydrogen-bond donors (Lipinski definition) is 2. The van der Waals surface area contributed by atoms with Crippen LogP contribution < -0.4 is 10.6 Å². The summed E-state index contributed by atoms with van der Waals surface area (Å²) in [5.74, 6) is -1.22. The van der Waals surface area contributed by atoms with Crippen LogP contribution in [0.4, 0.5) is 0 Å². The molecule has 0 aromatic carbocycles. The summed E-state index contributed by atoms with van der Waals surface area (Å²) in [5.41, 5.74) is 0. The van der Waals surface area contributed by atoms with Gasteiger partial charge in [0.05, 0.1) is 0 Å². The van der Waals surface area contributed by atoms with Crippen molar-refractivity contribution in [1.29, 1.82) is 0 Å². The van der Waals surface area contributed by atoms with E-state index in [1.54, 1.807) is 4.90 Å². The Balaban J connectivity index is 2.18. The van der Waals surface area contributed by atoms with Crippen molar-refractivity contribution < 1.29 is 14.4 Å². The standard InChI is InChI=1S/C10H17N3O3/c1-8(14)11-4-5-12-9(15)10(16)13-6-2-3-7-13/h2-7H2,1H3,(H,11,14)(H,12,15). The third-order valence-corrected chi connectivity index (χ3v) is 2.37. The zero-order valence-corrected chi connectivity index (χ0v) is 9.41. The van der Waals surface area contributed by atoms with Crippen molar-refractivity contribution in [3.8, 4) is 0 Å². The molecular weight excluding hydrogens is 210 g/mol. The molecule has 2 N–H and O–H groups in total. The van der Waals surface area contributed by atoms with E-state index in [9.17, 15) is 14.4 Å². The molecule has 0 aliphatic carbocycles. The van der Waals surface area contributed by atoms with Crippen LogP contribution in [-0.4, -0.2) is 48.8 Å². The molecule has 0 atom stereocenters. The third-order valence-electron chi connectivity index (χ3n) is 2.37. The van der Waals surface area contributed by atoms with Crippen molar-refractivity contribution in [2.75, 3.05) is 26.2 Å². The average molecular weight is 227 g/mol. The summed E-state index contributed by atoms with van der Waals surface area (Å²) in [5, 5.41) is 5.00. The summed E-state index contributed by atoms with van der Waals surface area (Å²) in [6, 6.07) is 0. The lowest BCUT2D eigenvalue weighted by Gasteiger charge is -2.14. The van der Waals surface area contributed by atoms with Crippen molar-refractivity contribution in [2.45, 2.75) is 19.8 Å². The molecular formula is C10H17N3O3. The number of nitrogens with one attached hydrogen (secondary N) is 2. The van der Waals surface area contributed by atoms with Crippen LogP contribution in [0, 0.1) is 0 Å². The molecule has 0 spiro atoms. The number of rotatable bonds is 3. The van der Waals surface area contributed by atoms with Crippen LogP contribution in [0.5, 0.6) is 0 Å². The highest BCUT2D eigenvalue weighted by Crippen LogP contribution is 2.06. The monoisotopic (exact) mass is 227 g/mol. The van der Waals surface area contributed by atoms with Gasteiger partial charge in [0.1, 0.15) is 0 Å². The van der Waals surface area contributed by atoms with Crippen LogP contribution in [0.15, 0.2) is 0 Å². The highest BCUT2D eigenvalue weighted by Gasteiger charge is 2.23. The van der Waals surface area contributed by atoms with Crippen molar-refractivity contribution in [3.63, 3.8) is 0 Å². The Bertz CT molecular complexity index is 285. The van der Waals surface area contributed by atoms with Gasteiger partial charge in [-0.2, -0.15) is 0 Å². The molecule has 1 rings (SSSR count). The summed E-state index contributed by atoms with van der Waals surface area (Å²) in [6.45, 7) is 3.35. The average Bonchev–Trinajstić information content (AvgIpc) is 2.76. The van der Waals surface area contributed by atoms with E-state index in [0.717, 1.165) is 12.8 Å². The molecule has 1 aliphatic heterocycles. The van der Waals surface area contributed by atoms with Gasteiger partial charge in [0.25, 0.3) is 0 Å². The van der Waals surface area contributed by atoms with Gasteiger partial charge in [0.2, 0.25) is 5.91 Å². The lowest BCUT2D eigenvalue weighted by atomic mass is 10.4. The SMILES string of the molecule is CC(=O)NCCNC(=O)C(=O)N1CCCC1. The maximum Gasteiger partial charge on any atom is 0.311 e. The molecule has 16 heavy (non-hydrogen) atoms. The Hall–Kier alpha value is -1.59. The quantitative estimate of drug-likeness (QED) is 0.472. The fourth-order valence-electron chi connectivity index (χ4n) is 1.55. The van der Waals surface area contributed by atoms with E-state index in [4.69, 9.17) is 0 Å². The second-order valence-corrected chi connectivity index (χ2v) is 3.74. The molecule has 0 bridgehead atoms. The molecule has 1 fully saturated rings. The number of carbonyl (C=O) groups excluding carboxylic acids is 3. The Morgan fingerprint density at radius 3 is 2.19 bits per heavy atom. The van der Waals surface area contributed by atoms with Gasteiger partial charge in [-0.25, -0.2) is 0 Å². The topological polar surface area (TPSA) is 78.5 Å². The maximum atomic E-state index is 11.5.